The predicted molar refractivity (Wildman–Crippen MR) is 62.2 cm³/mol. The van der Waals surface area contributed by atoms with Crippen molar-refractivity contribution in [3.05, 3.63) is 30.1 Å². The third kappa shape index (κ3) is 4.66. The van der Waals surface area contributed by atoms with Crippen molar-refractivity contribution < 1.29 is 13.4 Å². The number of carbonyl (C=O) groups excluding carboxylic acids is 1. The van der Waals surface area contributed by atoms with Crippen molar-refractivity contribution in [1.82, 2.24) is 0 Å². The molecule has 1 aromatic rings. The van der Waals surface area contributed by atoms with E-state index in [1.54, 1.807) is 19.1 Å². The highest BCUT2D eigenvalue weighted by atomic mass is 32.2. The van der Waals surface area contributed by atoms with Crippen LogP contribution in [0.25, 0.3) is 0 Å². The Morgan fingerprint density at radius 2 is 2.12 bits per heavy atom. The Balaban J connectivity index is 2.38. The largest absolute Gasteiger partial charge is 0.300 e. The number of unbranched alkanes of at least 4 members (excludes halogenated alkanes) is 1. The molecule has 2 nitrogen and oxygen atoms in total. The molecule has 0 saturated heterocycles. The van der Waals surface area contributed by atoms with E-state index in [4.69, 9.17) is 0 Å². The van der Waals surface area contributed by atoms with Crippen molar-refractivity contribution in [2.75, 3.05) is 5.75 Å². The average molecular weight is 242 g/mol. The molecule has 4 heteroatoms. The Kier molecular flexibility index (Phi) is 5.32. The minimum atomic E-state index is -1.16. The van der Waals surface area contributed by atoms with Crippen LogP contribution in [0.15, 0.2) is 29.2 Å². The SMILES string of the molecule is CC(=O)CCCCS(=O)c1cccc(F)c1. The monoisotopic (exact) mass is 242 g/mol. The summed E-state index contributed by atoms with van der Waals surface area (Å²) in [6, 6.07) is 5.83. The molecule has 0 saturated carbocycles. The summed E-state index contributed by atoms with van der Waals surface area (Å²) in [4.78, 5) is 11.2. The minimum Gasteiger partial charge on any atom is -0.300 e. The summed E-state index contributed by atoms with van der Waals surface area (Å²) in [5.74, 6) is 0.266. The fourth-order valence-corrected chi connectivity index (χ4v) is 2.51. The van der Waals surface area contributed by atoms with Crippen LogP contribution in [-0.4, -0.2) is 15.7 Å². The predicted octanol–water partition coefficient (Wildman–Crippen LogP) is 2.69. The van der Waals surface area contributed by atoms with E-state index < -0.39 is 10.8 Å². The van der Waals surface area contributed by atoms with Gasteiger partial charge >= 0.3 is 0 Å². The molecule has 0 aliphatic rings. The van der Waals surface area contributed by atoms with E-state index in [9.17, 15) is 13.4 Å². The van der Waals surface area contributed by atoms with Crippen molar-refractivity contribution in [2.45, 2.75) is 31.1 Å². The molecule has 0 heterocycles. The van der Waals surface area contributed by atoms with Crippen LogP contribution in [0, 0.1) is 5.82 Å². The smallest absolute Gasteiger partial charge is 0.129 e. The molecule has 0 aliphatic heterocycles. The van der Waals surface area contributed by atoms with Crippen molar-refractivity contribution in [1.29, 1.82) is 0 Å². The molecule has 1 rings (SSSR count). The van der Waals surface area contributed by atoms with Crippen molar-refractivity contribution >= 4 is 16.6 Å². The molecule has 16 heavy (non-hydrogen) atoms. The van der Waals surface area contributed by atoms with Crippen LogP contribution in [0.2, 0.25) is 0 Å². The van der Waals surface area contributed by atoms with E-state index >= 15 is 0 Å². The van der Waals surface area contributed by atoms with E-state index in [0.29, 0.717) is 17.1 Å². The van der Waals surface area contributed by atoms with Gasteiger partial charge in [0.2, 0.25) is 0 Å². The Morgan fingerprint density at radius 1 is 1.38 bits per heavy atom. The second-order valence-corrected chi connectivity index (χ2v) is 5.24. The Bertz CT molecular complexity index is 390. The third-order valence-corrected chi connectivity index (χ3v) is 3.61. The summed E-state index contributed by atoms with van der Waals surface area (Å²) < 4.78 is 24.5. The quantitative estimate of drug-likeness (QED) is 0.719. The van der Waals surface area contributed by atoms with Gasteiger partial charge in [0.1, 0.15) is 11.6 Å². The molecule has 0 fully saturated rings. The van der Waals surface area contributed by atoms with Gasteiger partial charge in [0.05, 0.1) is 10.8 Å². The molecule has 1 unspecified atom stereocenters. The molecule has 0 amide bonds. The van der Waals surface area contributed by atoms with Crippen molar-refractivity contribution in [3.63, 3.8) is 0 Å². The Labute approximate surface area is 97.3 Å². The normalized spacial score (nSPS) is 12.4. The molecule has 0 aromatic heterocycles. The fraction of sp³-hybridized carbons (Fsp3) is 0.417. The lowest BCUT2D eigenvalue weighted by atomic mass is 10.2. The van der Waals surface area contributed by atoms with Crippen LogP contribution < -0.4 is 0 Å². The van der Waals surface area contributed by atoms with Gasteiger partial charge in [-0.05, 0) is 38.0 Å². The van der Waals surface area contributed by atoms with Crippen LogP contribution in [-0.2, 0) is 15.6 Å². The topological polar surface area (TPSA) is 34.1 Å². The molecule has 0 radical (unpaired) electrons. The first-order chi connectivity index (χ1) is 7.59. The van der Waals surface area contributed by atoms with Crippen LogP contribution >= 0.6 is 0 Å². The van der Waals surface area contributed by atoms with E-state index in [-0.39, 0.29) is 11.6 Å². The summed E-state index contributed by atoms with van der Waals surface area (Å²) in [5, 5.41) is 0. The number of carbonyl (C=O) groups is 1. The first-order valence-electron chi connectivity index (χ1n) is 5.23. The van der Waals surface area contributed by atoms with Gasteiger partial charge in [0.15, 0.2) is 0 Å². The second-order valence-electron chi connectivity index (χ2n) is 3.67. The fourth-order valence-electron chi connectivity index (χ4n) is 1.33. The van der Waals surface area contributed by atoms with Crippen LogP contribution in [0.1, 0.15) is 26.2 Å². The first kappa shape index (κ1) is 13.0. The summed E-state index contributed by atoms with van der Waals surface area (Å²) in [6.45, 7) is 1.55. The minimum absolute atomic E-state index is 0.150. The maximum atomic E-state index is 12.8. The lowest BCUT2D eigenvalue weighted by Gasteiger charge is -2.01. The molecule has 0 bridgehead atoms. The number of rotatable bonds is 6. The van der Waals surface area contributed by atoms with E-state index in [2.05, 4.69) is 0 Å². The van der Waals surface area contributed by atoms with Gasteiger partial charge in [-0.25, -0.2) is 4.39 Å². The van der Waals surface area contributed by atoms with Gasteiger partial charge < -0.3 is 4.79 Å². The lowest BCUT2D eigenvalue weighted by Crippen LogP contribution is -2.00. The first-order valence-corrected chi connectivity index (χ1v) is 6.55. The molecule has 1 aromatic carbocycles. The Morgan fingerprint density at radius 3 is 2.75 bits per heavy atom. The molecular weight excluding hydrogens is 227 g/mol. The zero-order valence-corrected chi connectivity index (χ0v) is 10.1. The van der Waals surface area contributed by atoms with E-state index in [1.807, 2.05) is 0 Å². The standard InChI is InChI=1S/C12H15FO2S/c1-10(14)5-2-3-8-16(15)12-7-4-6-11(13)9-12/h4,6-7,9H,2-3,5,8H2,1H3. The van der Waals surface area contributed by atoms with Gasteiger partial charge in [-0.1, -0.05) is 6.07 Å². The number of benzene rings is 1. The van der Waals surface area contributed by atoms with Crippen molar-refractivity contribution in [3.8, 4) is 0 Å². The maximum Gasteiger partial charge on any atom is 0.129 e. The van der Waals surface area contributed by atoms with Crippen LogP contribution in [0.3, 0.4) is 0 Å². The molecule has 0 spiro atoms. The number of halogens is 1. The number of hydrogen-bond acceptors (Lipinski definition) is 2. The molecule has 1 atom stereocenters. The van der Waals surface area contributed by atoms with Gasteiger partial charge in [-0.15, -0.1) is 0 Å². The van der Waals surface area contributed by atoms with E-state index in [1.165, 1.54) is 12.1 Å². The van der Waals surface area contributed by atoms with Gasteiger partial charge in [0, 0.05) is 17.1 Å². The van der Waals surface area contributed by atoms with Gasteiger partial charge in [0.25, 0.3) is 0 Å². The molecular formula is C12H15FO2S. The van der Waals surface area contributed by atoms with Crippen LogP contribution in [0.5, 0.6) is 0 Å². The van der Waals surface area contributed by atoms with E-state index in [0.717, 1.165) is 12.8 Å². The van der Waals surface area contributed by atoms with Gasteiger partial charge in [-0.2, -0.15) is 0 Å². The highest BCUT2D eigenvalue weighted by Crippen LogP contribution is 2.10. The lowest BCUT2D eigenvalue weighted by molar-refractivity contribution is -0.117. The summed E-state index contributed by atoms with van der Waals surface area (Å²) in [7, 11) is -1.16. The number of hydrogen-bond donors (Lipinski definition) is 0. The maximum absolute atomic E-state index is 12.8. The third-order valence-electron chi connectivity index (χ3n) is 2.17. The molecule has 0 aliphatic carbocycles. The highest BCUT2D eigenvalue weighted by Gasteiger charge is 2.04. The van der Waals surface area contributed by atoms with Crippen LogP contribution in [0.4, 0.5) is 4.39 Å². The number of Topliss-reactive ketones (excluding diaryl/α,β-unsaturated/α-hetero) is 1. The second kappa shape index (κ2) is 6.53. The van der Waals surface area contributed by atoms with Gasteiger partial charge in [-0.3, -0.25) is 4.21 Å². The zero-order chi connectivity index (χ0) is 12.0. The molecule has 88 valence electrons. The Hall–Kier alpha value is -1.03. The molecule has 0 N–H and O–H groups in total. The summed E-state index contributed by atoms with van der Waals surface area (Å²) in [5.41, 5.74) is 0. The summed E-state index contributed by atoms with van der Waals surface area (Å²) >= 11 is 0. The zero-order valence-electron chi connectivity index (χ0n) is 9.24. The highest BCUT2D eigenvalue weighted by molar-refractivity contribution is 7.85. The number of ketones is 1. The average Bonchev–Trinajstić information content (AvgIpc) is 2.24. The summed E-state index contributed by atoms with van der Waals surface area (Å²) in [6.07, 6.45) is 2.00. The van der Waals surface area contributed by atoms with Crippen molar-refractivity contribution in [2.24, 2.45) is 0 Å².